The zero-order valence-electron chi connectivity index (χ0n) is 12.6. The number of hydrogen-bond acceptors (Lipinski definition) is 4. The highest BCUT2D eigenvalue weighted by molar-refractivity contribution is 6.53. The van der Waals surface area contributed by atoms with Crippen molar-refractivity contribution < 1.29 is 0 Å². The predicted molar refractivity (Wildman–Crippen MR) is 92.4 cm³/mol. The minimum Gasteiger partial charge on any atom is -0.397 e. The van der Waals surface area contributed by atoms with Crippen molar-refractivity contribution in [1.29, 1.82) is 0 Å². The molecule has 1 aromatic carbocycles. The molecular weight excluding hydrogens is 298 g/mol. The summed E-state index contributed by atoms with van der Waals surface area (Å²) < 4.78 is 1.66. The van der Waals surface area contributed by atoms with Gasteiger partial charge in [0, 0.05) is 20.1 Å². The first kappa shape index (κ1) is 14.8. The van der Waals surface area contributed by atoms with Gasteiger partial charge in [-0.1, -0.05) is 41.9 Å². The highest BCUT2D eigenvalue weighted by atomic mass is 35.5. The van der Waals surface area contributed by atoms with Crippen LogP contribution in [0, 0.1) is 0 Å². The lowest BCUT2D eigenvalue weighted by Crippen LogP contribution is -2.19. The van der Waals surface area contributed by atoms with Gasteiger partial charge in [0.25, 0.3) is 0 Å². The van der Waals surface area contributed by atoms with E-state index < -0.39 is 0 Å². The molecule has 1 aliphatic rings. The molecule has 2 heterocycles. The SMILES string of the molecule is Cn1nc(N2CCCC2)c(/C(Cl)=C(\N)c2ccccc2)c1N. The minimum atomic E-state index is 0.457. The van der Waals surface area contributed by atoms with Crippen molar-refractivity contribution >= 4 is 34.0 Å². The number of aromatic nitrogens is 2. The van der Waals surface area contributed by atoms with Gasteiger partial charge in [-0.3, -0.25) is 4.68 Å². The van der Waals surface area contributed by atoms with Crippen LogP contribution in [0.25, 0.3) is 10.7 Å². The highest BCUT2D eigenvalue weighted by Crippen LogP contribution is 2.37. The van der Waals surface area contributed by atoms with E-state index in [4.69, 9.17) is 23.1 Å². The molecule has 1 fully saturated rings. The molecule has 22 heavy (non-hydrogen) atoms. The number of rotatable bonds is 3. The lowest BCUT2D eigenvalue weighted by atomic mass is 10.1. The maximum Gasteiger partial charge on any atom is 0.161 e. The molecule has 2 aromatic rings. The molecule has 0 bridgehead atoms. The smallest absolute Gasteiger partial charge is 0.161 e. The third-order valence-electron chi connectivity index (χ3n) is 4.02. The van der Waals surface area contributed by atoms with Crippen LogP contribution in [0.15, 0.2) is 30.3 Å². The minimum absolute atomic E-state index is 0.457. The van der Waals surface area contributed by atoms with Crippen molar-refractivity contribution in [1.82, 2.24) is 9.78 Å². The second kappa shape index (κ2) is 5.93. The first-order valence-electron chi connectivity index (χ1n) is 7.38. The van der Waals surface area contributed by atoms with Gasteiger partial charge in [0.05, 0.1) is 16.3 Å². The van der Waals surface area contributed by atoms with Crippen LogP contribution in [-0.2, 0) is 7.05 Å². The third kappa shape index (κ3) is 2.52. The van der Waals surface area contributed by atoms with Crippen molar-refractivity contribution in [2.45, 2.75) is 12.8 Å². The van der Waals surface area contributed by atoms with E-state index in [2.05, 4.69) is 10.00 Å². The summed E-state index contributed by atoms with van der Waals surface area (Å²) in [5.41, 5.74) is 14.6. The quantitative estimate of drug-likeness (QED) is 0.912. The molecule has 0 aliphatic carbocycles. The zero-order chi connectivity index (χ0) is 15.7. The van der Waals surface area contributed by atoms with Gasteiger partial charge in [-0.2, -0.15) is 5.10 Å². The number of anilines is 2. The maximum absolute atomic E-state index is 6.59. The average molecular weight is 318 g/mol. The number of nitrogens with two attached hydrogens (primary N) is 2. The molecule has 5 nitrogen and oxygen atoms in total. The summed E-state index contributed by atoms with van der Waals surface area (Å²) in [7, 11) is 1.82. The van der Waals surface area contributed by atoms with Gasteiger partial charge in [-0.25, -0.2) is 0 Å². The number of nitrogens with zero attached hydrogens (tertiary/aromatic N) is 3. The molecule has 0 radical (unpaired) electrons. The van der Waals surface area contributed by atoms with E-state index in [1.165, 1.54) is 0 Å². The van der Waals surface area contributed by atoms with Gasteiger partial charge in [0.15, 0.2) is 5.82 Å². The van der Waals surface area contributed by atoms with E-state index in [1.807, 2.05) is 37.4 Å². The van der Waals surface area contributed by atoms with Crippen LogP contribution in [0.3, 0.4) is 0 Å². The number of nitrogen functional groups attached to an aromatic ring is 1. The summed E-state index contributed by atoms with van der Waals surface area (Å²) in [5.74, 6) is 1.35. The van der Waals surface area contributed by atoms with Crippen molar-refractivity contribution in [2.75, 3.05) is 23.7 Å². The summed E-state index contributed by atoms with van der Waals surface area (Å²) in [6, 6.07) is 9.67. The van der Waals surface area contributed by atoms with Crippen molar-refractivity contribution in [3.63, 3.8) is 0 Å². The van der Waals surface area contributed by atoms with Crippen LogP contribution in [0.5, 0.6) is 0 Å². The Morgan fingerprint density at radius 1 is 1.18 bits per heavy atom. The van der Waals surface area contributed by atoms with E-state index in [0.717, 1.165) is 42.9 Å². The Kier molecular flexibility index (Phi) is 3.98. The van der Waals surface area contributed by atoms with Gasteiger partial charge >= 0.3 is 0 Å². The number of benzene rings is 1. The molecule has 1 aromatic heterocycles. The number of aryl methyl sites for hydroxylation is 1. The Bertz CT molecular complexity index is 699. The number of hydrogen-bond donors (Lipinski definition) is 2. The molecule has 3 rings (SSSR count). The van der Waals surface area contributed by atoms with Gasteiger partial charge in [0.1, 0.15) is 5.82 Å². The molecule has 0 amide bonds. The fourth-order valence-electron chi connectivity index (χ4n) is 2.76. The lowest BCUT2D eigenvalue weighted by molar-refractivity contribution is 0.764. The first-order valence-corrected chi connectivity index (χ1v) is 7.76. The molecular formula is C16H20ClN5. The van der Waals surface area contributed by atoms with Crippen molar-refractivity contribution in [3.05, 3.63) is 41.5 Å². The van der Waals surface area contributed by atoms with E-state index in [9.17, 15) is 0 Å². The summed E-state index contributed by atoms with van der Waals surface area (Å²) >= 11 is 6.59. The van der Waals surface area contributed by atoms with Crippen molar-refractivity contribution in [2.24, 2.45) is 12.8 Å². The summed E-state index contributed by atoms with van der Waals surface area (Å²) in [5, 5.41) is 4.99. The fourth-order valence-corrected chi connectivity index (χ4v) is 3.05. The summed E-state index contributed by atoms with van der Waals surface area (Å²) in [6.45, 7) is 1.94. The van der Waals surface area contributed by atoms with E-state index in [0.29, 0.717) is 16.5 Å². The van der Waals surface area contributed by atoms with Crippen LogP contribution in [0.4, 0.5) is 11.6 Å². The van der Waals surface area contributed by atoms with Crippen LogP contribution < -0.4 is 16.4 Å². The molecule has 0 atom stereocenters. The molecule has 1 aliphatic heterocycles. The second-order valence-corrected chi connectivity index (χ2v) is 5.87. The molecule has 0 unspecified atom stereocenters. The molecule has 0 spiro atoms. The topological polar surface area (TPSA) is 73.1 Å². The standard InChI is InChI=1S/C16H20ClN5/c1-21-15(19)12(16(20-21)22-9-5-6-10-22)13(17)14(18)11-7-3-2-4-8-11/h2-4,7-8H,5-6,9-10,18-19H2,1H3/b14-13+. The van der Waals surface area contributed by atoms with Crippen LogP contribution in [-0.4, -0.2) is 22.9 Å². The highest BCUT2D eigenvalue weighted by Gasteiger charge is 2.25. The van der Waals surface area contributed by atoms with Crippen LogP contribution in [0.1, 0.15) is 24.0 Å². The number of halogens is 1. The zero-order valence-corrected chi connectivity index (χ0v) is 13.3. The first-order chi connectivity index (χ1) is 10.6. The van der Waals surface area contributed by atoms with E-state index in [-0.39, 0.29) is 0 Å². The van der Waals surface area contributed by atoms with Gasteiger partial charge < -0.3 is 16.4 Å². The fraction of sp³-hybridized carbons (Fsp3) is 0.312. The van der Waals surface area contributed by atoms with Gasteiger partial charge in [0.2, 0.25) is 0 Å². The van der Waals surface area contributed by atoms with Crippen molar-refractivity contribution in [3.8, 4) is 0 Å². The molecule has 4 N–H and O–H groups in total. The lowest BCUT2D eigenvalue weighted by Gasteiger charge is -2.16. The average Bonchev–Trinajstić information content (AvgIpc) is 3.16. The predicted octanol–water partition coefficient (Wildman–Crippen LogP) is 2.63. The summed E-state index contributed by atoms with van der Waals surface area (Å²) in [4.78, 5) is 2.21. The Hall–Kier alpha value is -2.14. The normalized spacial score (nSPS) is 16.0. The molecule has 0 saturated carbocycles. The Balaban J connectivity index is 2.10. The Morgan fingerprint density at radius 3 is 2.45 bits per heavy atom. The van der Waals surface area contributed by atoms with Crippen LogP contribution in [0.2, 0.25) is 0 Å². The largest absolute Gasteiger partial charge is 0.397 e. The molecule has 6 heteroatoms. The van der Waals surface area contributed by atoms with Gasteiger partial charge in [-0.15, -0.1) is 0 Å². The molecule has 116 valence electrons. The van der Waals surface area contributed by atoms with Gasteiger partial charge in [-0.05, 0) is 18.4 Å². The third-order valence-corrected chi connectivity index (χ3v) is 4.41. The Labute approximate surface area is 135 Å². The maximum atomic E-state index is 6.59. The second-order valence-electron chi connectivity index (χ2n) is 5.50. The summed E-state index contributed by atoms with van der Waals surface area (Å²) in [6.07, 6.45) is 2.32. The Morgan fingerprint density at radius 2 is 1.82 bits per heavy atom. The van der Waals surface area contributed by atoms with E-state index in [1.54, 1.807) is 4.68 Å². The monoisotopic (exact) mass is 317 g/mol. The molecule has 1 saturated heterocycles. The van der Waals surface area contributed by atoms with Crippen LogP contribution >= 0.6 is 11.6 Å². The van der Waals surface area contributed by atoms with E-state index >= 15 is 0 Å².